The fourth-order valence-electron chi connectivity index (χ4n) is 0. The average molecular weight is 234 g/mol. The van der Waals surface area contributed by atoms with Crippen LogP contribution in [0.4, 0.5) is 0 Å². The quantitative estimate of drug-likeness (QED) is 0.310. The van der Waals surface area contributed by atoms with E-state index in [2.05, 4.69) is 0 Å². The van der Waals surface area contributed by atoms with Gasteiger partial charge in [-0.05, 0) is 0 Å². The summed E-state index contributed by atoms with van der Waals surface area (Å²) in [4.78, 5) is 21.6. The first kappa shape index (κ1) is 38.3. The minimum absolute atomic E-state index is 0. The molecule has 0 aliphatic rings. The third kappa shape index (κ3) is 125. The number of hydrogen-bond donors (Lipinski definition) is 3. The Hall–Kier alpha value is 2.94. The fourth-order valence-corrected chi connectivity index (χ4v) is 0. The van der Waals surface area contributed by atoms with E-state index in [1.165, 1.54) is 0 Å². The summed E-state index contributed by atoms with van der Waals surface area (Å²) >= 11 is 0. The first-order valence-electron chi connectivity index (χ1n) is 0.783. The van der Waals surface area contributed by atoms with Gasteiger partial charge in [0.15, 0.2) is 0 Å². The van der Waals surface area contributed by atoms with E-state index in [9.17, 15) is 0 Å². The first-order valence-corrected chi connectivity index (χ1v) is 2.35. The van der Waals surface area contributed by atoms with E-state index in [4.69, 9.17) is 19.2 Å². The van der Waals surface area contributed by atoms with Crippen molar-refractivity contribution in [3.8, 4) is 0 Å². The van der Waals surface area contributed by atoms with Gasteiger partial charge >= 0.3 is 64.4 Å². The summed E-state index contributed by atoms with van der Waals surface area (Å²) in [5, 5.41) is 0. The summed E-state index contributed by atoms with van der Waals surface area (Å²) in [6.07, 6.45) is 0. The minimum atomic E-state index is -4.64. The Kier molecular flexibility index (Phi) is 68.5. The van der Waals surface area contributed by atoms with Crippen LogP contribution in [0.5, 0.6) is 0 Å². The van der Waals surface area contributed by atoms with E-state index in [1.807, 2.05) is 0 Å². The molecular formula is H6Fe2Li3O4P. The molecule has 0 bridgehead atoms. The zero-order valence-corrected chi connectivity index (χ0v) is 6.01. The molecule has 0 spiro atoms. The molecule has 0 heterocycles. The Labute approximate surface area is 116 Å². The SMILES string of the molecule is O=P(O)(O)O.[Fe].[Fe].[LiH].[LiH].[LiH]. The van der Waals surface area contributed by atoms with Gasteiger partial charge in [0.25, 0.3) is 0 Å². The molecule has 0 aromatic rings. The van der Waals surface area contributed by atoms with E-state index in [1.54, 1.807) is 0 Å². The Morgan fingerprint density at radius 2 is 0.800 bits per heavy atom. The van der Waals surface area contributed by atoms with Crippen LogP contribution < -0.4 is 0 Å². The van der Waals surface area contributed by atoms with Gasteiger partial charge in [-0.25, -0.2) is 4.57 Å². The third-order valence-electron chi connectivity index (χ3n) is 0. The van der Waals surface area contributed by atoms with Crippen molar-refractivity contribution in [1.29, 1.82) is 0 Å². The van der Waals surface area contributed by atoms with Crippen molar-refractivity contribution in [1.82, 2.24) is 0 Å². The second kappa shape index (κ2) is 17.9. The van der Waals surface area contributed by atoms with Crippen LogP contribution in [0.1, 0.15) is 0 Å². The van der Waals surface area contributed by atoms with Crippen molar-refractivity contribution in [2.75, 3.05) is 0 Å². The predicted molar refractivity (Wildman–Crippen MR) is 35.7 cm³/mol. The zero-order valence-electron chi connectivity index (χ0n) is 2.90. The summed E-state index contributed by atoms with van der Waals surface area (Å²) in [6, 6.07) is 0. The van der Waals surface area contributed by atoms with E-state index in [-0.39, 0.29) is 90.7 Å². The monoisotopic (exact) mass is 234 g/mol. The second-order valence-corrected chi connectivity index (χ2v) is 1.54. The number of rotatable bonds is 0. The van der Waals surface area contributed by atoms with Gasteiger partial charge in [-0.2, -0.15) is 0 Å². The molecule has 54 valence electrons. The number of hydrogen-bond acceptors (Lipinski definition) is 1. The van der Waals surface area contributed by atoms with Gasteiger partial charge in [0.05, 0.1) is 0 Å². The van der Waals surface area contributed by atoms with Crippen LogP contribution in [-0.4, -0.2) is 71.3 Å². The molecule has 0 aromatic heterocycles. The molecule has 0 aromatic carbocycles. The molecule has 3 N–H and O–H groups in total. The van der Waals surface area contributed by atoms with Gasteiger partial charge in [-0.15, -0.1) is 0 Å². The topological polar surface area (TPSA) is 77.8 Å². The zero-order chi connectivity index (χ0) is 4.50. The Morgan fingerprint density at radius 1 is 0.800 bits per heavy atom. The van der Waals surface area contributed by atoms with Crippen LogP contribution >= 0.6 is 7.82 Å². The molecular weight excluding hydrogens is 227 g/mol. The third-order valence-corrected chi connectivity index (χ3v) is 0. The van der Waals surface area contributed by atoms with Crippen LogP contribution in [0, 0.1) is 0 Å². The molecule has 0 aliphatic carbocycles. The summed E-state index contributed by atoms with van der Waals surface area (Å²) in [5.41, 5.74) is 0. The normalized spacial score (nSPS) is 5.90. The van der Waals surface area contributed by atoms with Gasteiger partial charge in [-0.3, -0.25) is 0 Å². The molecule has 10 heteroatoms. The molecule has 0 radical (unpaired) electrons. The molecule has 0 aliphatic heterocycles. The molecule has 10 heavy (non-hydrogen) atoms. The molecule has 0 saturated carbocycles. The molecule has 0 saturated heterocycles. The standard InChI is InChI=1S/2Fe.3Li.H3O4P.3H/c;;;;;1-5(2,3)4;;;/h;;;;;(H3,1,2,3,4);;;. The molecule has 4 nitrogen and oxygen atoms in total. The van der Waals surface area contributed by atoms with Crippen LogP contribution in [-0.2, 0) is 38.7 Å². The summed E-state index contributed by atoms with van der Waals surface area (Å²) in [7, 11) is -4.64. The van der Waals surface area contributed by atoms with E-state index in [0.717, 1.165) is 0 Å². The van der Waals surface area contributed by atoms with Crippen LogP contribution in [0.3, 0.4) is 0 Å². The Bertz CT molecular complexity index is 64.6. The van der Waals surface area contributed by atoms with Crippen molar-refractivity contribution in [3.63, 3.8) is 0 Å². The van der Waals surface area contributed by atoms with Gasteiger partial charge < -0.3 is 14.7 Å². The summed E-state index contributed by atoms with van der Waals surface area (Å²) in [6.45, 7) is 0. The van der Waals surface area contributed by atoms with E-state index < -0.39 is 7.82 Å². The van der Waals surface area contributed by atoms with Gasteiger partial charge in [-0.1, -0.05) is 0 Å². The van der Waals surface area contributed by atoms with Crippen LogP contribution in [0.2, 0.25) is 0 Å². The van der Waals surface area contributed by atoms with Crippen molar-refractivity contribution >= 4 is 64.4 Å². The maximum atomic E-state index is 8.88. The van der Waals surface area contributed by atoms with Gasteiger partial charge in [0, 0.05) is 34.1 Å². The second-order valence-electron chi connectivity index (χ2n) is 0.513. The molecule has 0 atom stereocenters. The van der Waals surface area contributed by atoms with Crippen molar-refractivity contribution in [3.05, 3.63) is 0 Å². The molecule has 0 amide bonds. The van der Waals surface area contributed by atoms with Crippen molar-refractivity contribution < 1.29 is 53.4 Å². The number of phosphoric acid groups is 1. The van der Waals surface area contributed by atoms with E-state index >= 15 is 0 Å². The summed E-state index contributed by atoms with van der Waals surface area (Å²) < 4.78 is 8.88. The fraction of sp³-hybridized carbons (Fsp3) is 0. The molecule has 0 fully saturated rings. The summed E-state index contributed by atoms with van der Waals surface area (Å²) in [5.74, 6) is 0. The van der Waals surface area contributed by atoms with Gasteiger partial charge in [0.2, 0.25) is 0 Å². The molecule has 0 unspecified atom stereocenters. The molecule has 0 rings (SSSR count). The van der Waals surface area contributed by atoms with Gasteiger partial charge in [0.1, 0.15) is 0 Å². The van der Waals surface area contributed by atoms with Crippen molar-refractivity contribution in [2.45, 2.75) is 0 Å². The average Bonchev–Trinajstić information content (AvgIpc) is 0.722. The first-order chi connectivity index (χ1) is 2.00. The maximum absolute atomic E-state index is 8.88. The van der Waals surface area contributed by atoms with Crippen LogP contribution in [0.25, 0.3) is 0 Å². The van der Waals surface area contributed by atoms with E-state index in [0.29, 0.717) is 0 Å². The Balaban J connectivity index is -0.00000000800. The predicted octanol–water partition coefficient (Wildman–Crippen LogP) is -2.88. The van der Waals surface area contributed by atoms with Crippen LogP contribution in [0.15, 0.2) is 0 Å². The van der Waals surface area contributed by atoms with Crippen molar-refractivity contribution in [2.24, 2.45) is 0 Å². The Morgan fingerprint density at radius 3 is 0.800 bits per heavy atom.